The highest BCUT2D eigenvalue weighted by atomic mass is 32.1. The van der Waals surface area contributed by atoms with Crippen molar-refractivity contribution in [1.82, 2.24) is 9.80 Å². The molecule has 0 aliphatic carbocycles. The third-order valence-corrected chi connectivity index (χ3v) is 6.61. The van der Waals surface area contributed by atoms with Crippen LogP contribution in [0.2, 0.25) is 0 Å². The third-order valence-electron chi connectivity index (χ3n) is 5.51. The lowest BCUT2D eigenvalue weighted by Crippen LogP contribution is -2.39. The molecule has 6 heteroatoms. The summed E-state index contributed by atoms with van der Waals surface area (Å²) in [6.45, 7) is 8.13. The second kappa shape index (κ2) is 8.53. The first-order chi connectivity index (χ1) is 13.6. The Labute approximate surface area is 170 Å². The molecule has 1 atom stereocenters. The van der Waals surface area contributed by atoms with Crippen molar-refractivity contribution in [3.05, 3.63) is 45.6 Å². The maximum Gasteiger partial charge on any atom is 0.237 e. The molecule has 5 nitrogen and oxygen atoms in total. The Bertz CT molecular complexity index is 835. The highest BCUT2D eigenvalue weighted by Crippen LogP contribution is 2.36. The number of thiophene rings is 1. The number of nitrogens with zero attached hydrogens (tertiary/aromatic N) is 2. The second-order valence-electron chi connectivity index (χ2n) is 7.46. The molecule has 1 aromatic heterocycles. The van der Waals surface area contributed by atoms with Crippen molar-refractivity contribution < 1.29 is 14.3 Å². The molecule has 0 radical (unpaired) electrons. The number of aryl methyl sites for hydroxylation is 1. The van der Waals surface area contributed by atoms with Gasteiger partial charge in [0.25, 0.3) is 0 Å². The van der Waals surface area contributed by atoms with Gasteiger partial charge in [0, 0.05) is 28.9 Å². The Hall–Kier alpha value is -2.05. The minimum absolute atomic E-state index is 0.192. The average molecular weight is 401 g/mol. The van der Waals surface area contributed by atoms with E-state index in [1.165, 1.54) is 9.75 Å². The molecule has 0 N–H and O–H groups in total. The van der Waals surface area contributed by atoms with Gasteiger partial charge in [0.05, 0.1) is 6.54 Å². The van der Waals surface area contributed by atoms with Crippen molar-refractivity contribution in [1.29, 1.82) is 0 Å². The fourth-order valence-corrected chi connectivity index (χ4v) is 5.07. The van der Waals surface area contributed by atoms with Crippen LogP contribution in [0, 0.1) is 6.92 Å². The molecule has 1 aromatic carbocycles. The molecule has 2 aliphatic rings. The molecule has 2 aliphatic heterocycles. The third kappa shape index (κ3) is 4.18. The number of carbonyl (C=O) groups excluding carboxylic acids is 1. The second-order valence-corrected chi connectivity index (χ2v) is 8.78. The van der Waals surface area contributed by atoms with Gasteiger partial charge >= 0.3 is 0 Å². The summed E-state index contributed by atoms with van der Waals surface area (Å²) in [6.07, 6.45) is 2.30. The zero-order chi connectivity index (χ0) is 19.5. The summed E-state index contributed by atoms with van der Waals surface area (Å²) < 4.78 is 11.3. The molecule has 1 fully saturated rings. The molecule has 3 heterocycles. The Morgan fingerprint density at radius 1 is 1.21 bits per heavy atom. The molecule has 0 spiro atoms. The lowest BCUT2D eigenvalue weighted by atomic mass is 10.1. The van der Waals surface area contributed by atoms with Gasteiger partial charge < -0.3 is 14.4 Å². The van der Waals surface area contributed by atoms with Gasteiger partial charge in [-0.25, -0.2) is 0 Å². The van der Waals surface area contributed by atoms with Gasteiger partial charge in [-0.1, -0.05) is 6.07 Å². The molecule has 4 rings (SSSR count). The highest BCUT2D eigenvalue weighted by Gasteiger charge is 2.29. The number of amides is 1. The number of rotatable bonds is 6. The maximum atomic E-state index is 13.0. The van der Waals surface area contributed by atoms with Crippen molar-refractivity contribution in [2.75, 3.05) is 32.8 Å². The first-order valence-electron chi connectivity index (χ1n) is 10.1. The van der Waals surface area contributed by atoms with Crippen molar-refractivity contribution >= 4 is 17.2 Å². The van der Waals surface area contributed by atoms with Crippen molar-refractivity contribution in [3.8, 4) is 11.5 Å². The van der Waals surface area contributed by atoms with E-state index in [2.05, 4.69) is 24.0 Å². The lowest BCUT2D eigenvalue weighted by Gasteiger charge is -2.28. The van der Waals surface area contributed by atoms with Crippen LogP contribution in [0.5, 0.6) is 11.5 Å². The molecular weight excluding hydrogens is 372 g/mol. The van der Waals surface area contributed by atoms with Gasteiger partial charge in [-0.2, -0.15) is 0 Å². The molecule has 2 aromatic rings. The summed E-state index contributed by atoms with van der Waals surface area (Å²) in [7, 11) is 0. The van der Waals surface area contributed by atoms with Crippen molar-refractivity contribution in [3.63, 3.8) is 0 Å². The van der Waals surface area contributed by atoms with Crippen LogP contribution < -0.4 is 9.47 Å². The number of likely N-dealkylation sites (N-methyl/N-ethyl adjacent to an activating group) is 1. The van der Waals surface area contributed by atoms with Crippen molar-refractivity contribution in [2.45, 2.75) is 39.3 Å². The Kier molecular flexibility index (Phi) is 5.87. The molecule has 0 bridgehead atoms. The highest BCUT2D eigenvalue weighted by molar-refractivity contribution is 7.12. The van der Waals surface area contributed by atoms with E-state index in [0.717, 1.165) is 36.4 Å². The maximum absolute atomic E-state index is 13.0. The van der Waals surface area contributed by atoms with Gasteiger partial charge in [-0.3, -0.25) is 9.69 Å². The quantitative estimate of drug-likeness (QED) is 0.735. The molecule has 1 saturated heterocycles. The largest absolute Gasteiger partial charge is 0.486 e. The van der Waals surface area contributed by atoms with E-state index in [1.807, 2.05) is 41.4 Å². The molecule has 1 amide bonds. The normalized spacial score (nSPS) is 19.0. The number of likely N-dealkylation sites (tertiary alicyclic amines) is 1. The van der Waals surface area contributed by atoms with Crippen LogP contribution in [0.15, 0.2) is 30.3 Å². The SMILES string of the molecule is CCN(Cc1ccc2c(c1)OCCO2)C(=O)CN1CCCC1c1ccc(C)s1. The predicted octanol–water partition coefficient (Wildman–Crippen LogP) is 4.01. The topological polar surface area (TPSA) is 42.0 Å². The van der Waals surface area contributed by atoms with Crippen LogP contribution in [0.1, 0.15) is 41.1 Å². The smallest absolute Gasteiger partial charge is 0.237 e. The van der Waals surface area contributed by atoms with Gasteiger partial charge in [-0.05, 0) is 63.1 Å². The summed E-state index contributed by atoms with van der Waals surface area (Å²) >= 11 is 1.85. The molecule has 150 valence electrons. The number of benzene rings is 1. The minimum Gasteiger partial charge on any atom is -0.486 e. The monoisotopic (exact) mass is 400 g/mol. The van der Waals surface area contributed by atoms with Crippen LogP contribution in [0.3, 0.4) is 0 Å². The predicted molar refractivity (Wildman–Crippen MR) is 111 cm³/mol. The van der Waals surface area contributed by atoms with E-state index < -0.39 is 0 Å². The molecular formula is C22H28N2O3S. The molecule has 1 unspecified atom stereocenters. The first-order valence-corrected chi connectivity index (χ1v) is 10.9. The Morgan fingerprint density at radius 2 is 2.04 bits per heavy atom. The number of fused-ring (bicyclic) bond motifs is 1. The first kappa shape index (κ1) is 19.3. The summed E-state index contributed by atoms with van der Waals surface area (Å²) in [5.41, 5.74) is 1.08. The zero-order valence-corrected chi connectivity index (χ0v) is 17.5. The number of carbonyl (C=O) groups is 1. The van der Waals surface area contributed by atoms with Crippen LogP contribution in [-0.4, -0.2) is 48.6 Å². The number of hydrogen-bond acceptors (Lipinski definition) is 5. The van der Waals surface area contributed by atoms with E-state index in [0.29, 0.717) is 38.9 Å². The summed E-state index contributed by atoms with van der Waals surface area (Å²) in [6, 6.07) is 10.8. The fraction of sp³-hybridized carbons (Fsp3) is 0.500. The van der Waals surface area contributed by atoms with E-state index in [9.17, 15) is 4.79 Å². The van der Waals surface area contributed by atoms with Gasteiger partial charge in [0.2, 0.25) is 5.91 Å². The number of hydrogen-bond donors (Lipinski definition) is 0. The average Bonchev–Trinajstić information content (AvgIpc) is 3.34. The molecule has 0 saturated carbocycles. The lowest BCUT2D eigenvalue weighted by molar-refractivity contribution is -0.133. The van der Waals surface area contributed by atoms with E-state index >= 15 is 0 Å². The van der Waals surface area contributed by atoms with E-state index in [1.54, 1.807) is 0 Å². The summed E-state index contributed by atoms with van der Waals surface area (Å²) in [4.78, 5) is 20.0. The standard InChI is InChI=1S/C22H28N2O3S/c1-3-23(14-17-7-8-19-20(13-17)27-12-11-26-19)22(25)15-24-10-4-5-18(24)21-9-6-16(2)28-21/h6-9,13,18H,3-5,10-12,14-15H2,1-2H3. The summed E-state index contributed by atoms with van der Waals surface area (Å²) in [5.74, 6) is 1.76. The van der Waals surface area contributed by atoms with Gasteiger partial charge in [-0.15, -0.1) is 11.3 Å². The van der Waals surface area contributed by atoms with Crippen LogP contribution in [0.25, 0.3) is 0 Å². The minimum atomic E-state index is 0.192. The van der Waals surface area contributed by atoms with Crippen LogP contribution in [0.4, 0.5) is 0 Å². The van der Waals surface area contributed by atoms with E-state index in [-0.39, 0.29) is 5.91 Å². The van der Waals surface area contributed by atoms with E-state index in [4.69, 9.17) is 9.47 Å². The Balaban J connectivity index is 1.41. The van der Waals surface area contributed by atoms with Crippen molar-refractivity contribution in [2.24, 2.45) is 0 Å². The van der Waals surface area contributed by atoms with Crippen LogP contribution >= 0.6 is 11.3 Å². The number of ether oxygens (including phenoxy) is 2. The Morgan fingerprint density at radius 3 is 2.79 bits per heavy atom. The van der Waals surface area contributed by atoms with Gasteiger partial charge in [0.15, 0.2) is 11.5 Å². The fourth-order valence-electron chi connectivity index (χ4n) is 4.03. The van der Waals surface area contributed by atoms with Gasteiger partial charge in [0.1, 0.15) is 13.2 Å². The summed E-state index contributed by atoms with van der Waals surface area (Å²) in [5, 5.41) is 0. The zero-order valence-electron chi connectivity index (χ0n) is 16.6. The van der Waals surface area contributed by atoms with Crippen LogP contribution in [-0.2, 0) is 11.3 Å². The molecule has 28 heavy (non-hydrogen) atoms.